The fraction of sp³-hybridized carbons (Fsp3) is 0.100. The van der Waals surface area contributed by atoms with E-state index in [1.54, 1.807) is 30.3 Å². The van der Waals surface area contributed by atoms with Crippen LogP contribution in [0.1, 0.15) is 11.1 Å². The molecule has 0 bridgehead atoms. The van der Waals surface area contributed by atoms with Crippen LogP contribution in [0.2, 0.25) is 0 Å². The summed E-state index contributed by atoms with van der Waals surface area (Å²) >= 11 is 0. The van der Waals surface area contributed by atoms with Gasteiger partial charge in [0, 0.05) is 35.4 Å². The molecule has 0 spiro atoms. The summed E-state index contributed by atoms with van der Waals surface area (Å²) < 4.78 is 56.3. The second-order valence-corrected chi connectivity index (χ2v) is 7.67. The first-order valence-corrected chi connectivity index (χ1v) is 8.81. The van der Waals surface area contributed by atoms with E-state index < -0.39 is 34.2 Å². The Hall–Kier alpha value is -2.27. The summed E-state index contributed by atoms with van der Waals surface area (Å²) in [5, 5.41) is 0. The van der Waals surface area contributed by atoms with Crippen molar-refractivity contribution in [2.24, 2.45) is 0 Å². The first kappa shape index (κ1) is 17.5. The molecule has 128 valence electrons. The van der Waals surface area contributed by atoms with Crippen LogP contribution < -0.4 is 0 Å². The zero-order valence-corrected chi connectivity index (χ0v) is 14.4. The van der Waals surface area contributed by atoms with Gasteiger partial charge in [-0.15, -0.1) is 0 Å². The standard InChI is InChI=1S/C20H15F4S/c1-12-17(21)8-15(9-18(12)22)25(14-6-4-3-5-7-14)16-10-19(23)13(2)20(24)11-16/h3-11H,1-2H3/q+1. The van der Waals surface area contributed by atoms with E-state index in [-0.39, 0.29) is 11.1 Å². The normalized spacial score (nSPS) is 11.2. The molecule has 0 aromatic heterocycles. The van der Waals surface area contributed by atoms with Crippen LogP contribution in [0.25, 0.3) is 0 Å². The van der Waals surface area contributed by atoms with Crippen LogP contribution in [0.4, 0.5) is 17.6 Å². The Morgan fingerprint density at radius 3 is 1.28 bits per heavy atom. The van der Waals surface area contributed by atoms with Gasteiger partial charge in [0.25, 0.3) is 0 Å². The topological polar surface area (TPSA) is 0 Å². The van der Waals surface area contributed by atoms with Gasteiger partial charge in [-0.05, 0) is 26.0 Å². The molecule has 5 heteroatoms. The van der Waals surface area contributed by atoms with Gasteiger partial charge in [0.05, 0.1) is 10.9 Å². The molecule has 0 aliphatic heterocycles. The molecule has 0 atom stereocenters. The number of rotatable bonds is 3. The highest BCUT2D eigenvalue weighted by Gasteiger charge is 2.32. The molecule has 0 saturated carbocycles. The molecule has 25 heavy (non-hydrogen) atoms. The van der Waals surface area contributed by atoms with Gasteiger partial charge in [0.1, 0.15) is 23.3 Å². The molecule has 0 unspecified atom stereocenters. The summed E-state index contributed by atoms with van der Waals surface area (Å²) in [5.74, 6) is -2.74. The Labute approximate surface area is 146 Å². The largest absolute Gasteiger partial charge is 0.206 e. The first-order chi connectivity index (χ1) is 11.9. The third-order valence-electron chi connectivity index (χ3n) is 3.96. The molecular weight excluding hydrogens is 348 g/mol. The fourth-order valence-electron chi connectivity index (χ4n) is 2.44. The van der Waals surface area contributed by atoms with Crippen molar-refractivity contribution in [3.05, 3.63) is 89.0 Å². The van der Waals surface area contributed by atoms with Crippen molar-refractivity contribution in [3.8, 4) is 0 Å². The minimum Gasteiger partial charge on any atom is -0.206 e. The number of hydrogen-bond acceptors (Lipinski definition) is 0. The molecule has 3 rings (SSSR count). The lowest BCUT2D eigenvalue weighted by Crippen LogP contribution is -2.08. The highest BCUT2D eigenvalue weighted by Crippen LogP contribution is 2.34. The van der Waals surface area contributed by atoms with Crippen LogP contribution in [0.5, 0.6) is 0 Å². The van der Waals surface area contributed by atoms with E-state index in [4.69, 9.17) is 0 Å². The maximum atomic E-state index is 14.1. The fourth-order valence-corrected chi connectivity index (χ4v) is 4.58. The van der Waals surface area contributed by atoms with Gasteiger partial charge in [-0.3, -0.25) is 0 Å². The summed E-state index contributed by atoms with van der Waals surface area (Å²) in [6.07, 6.45) is 0. The third kappa shape index (κ3) is 3.42. The summed E-state index contributed by atoms with van der Waals surface area (Å²) in [4.78, 5) is 1.37. The molecule has 0 aliphatic rings. The summed E-state index contributed by atoms with van der Waals surface area (Å²) in [5.41, 5.74) is -0.164. The van der Waals surface area contributed by atoms with Crippen molar-refractivity contribution in [1.82, 2.24) is 0 Å². The van der Waals surface area contributed by atoms with Crippen molar-refractivity contribution in [2.75, 3.05) is 0 Å². The average Bonchev–Trinajstić information content (AvgIpc) is 2.58. The SMILES string of the molecule is Cc1c(F)cc([S+](c2ccccc2)c2cc(F)c(C)c(F)c2)cc1F. The maximum absolute atomic E-state index is 14.1. The Bertz CT molecular complexity index is 819. The van der Waals surface area contributed by atoms with Gasteiger partial charge in [-0.25, -0.2) is 17.6 Å². The minimum atomic E-state index is -1.03. The minimum absolute atomic E-state index is 0.0818. The predicted molar refractivity (Wildman–Crippen MR) is 90.8 cm³/mol. The van der Waals surface area contributed by atoms with Crippen LogP contribution in [0, 0.1) is 37.1 Å². The molecule has 0 fully saturated rings. The van der Waals surface area contributed by atoms with Crippen LogP contribution in [-0.2, 0) is 10.9 Å². The van der Waals surface area contributed by atoms with Gasteiger partial charge in [-0.2, -0.15) is 0 Å². The van der Waals surface area contributed by atoms with Crippen molar-refractivity contribution in [1.29, 1.82) is 0 Å². The molecule has 0 heterocycles. The highest BCUT2D eigenvalue weighted by molar-refractivity contribution is 7.97. The molecule has 0 nitrogen and oxygen atoms in total. The number of hydrogen-bond donors (Lipinski definition) is 0. The summed E-state index contributed by atoms with van der Waals surface area (Å²) in [6.45, 7) is 2.70. The van der Waals surface area contributed by atoms with E-state index in [9.17, 15) is 17.6 Å². The van der Waals surface area contributed by atoms with Crippen molar-refractivity contribution in [2.45, 2.75) is 28.5 Å². The van der Waals surface area contributed by atoms with Crippen LogP contribution in [0.15, 0.2) is 69.3 Å². The van der Waals surface area contributed by atoms with E-state index in [0.717, 1.165) is 0 Å². The lowest BCUT2D eigenvalue weighted by atomic mass is 10.2. The molecule has 3 aromatic rings. The molecular formula is C20H15F4S+. The highest BCUT2D eigenvalue weighted by atomic mass is 32.2. The number of benzene rings is 3. The van der Waals surface area contributed by atoms with E-state index in [1.165, 1.54) is 38.1 Å². The average molecular weight is 363 g/mol. The monoisotopic (exact) mass is 363 g/mol. The van der Waals surface area contributed by atoms with Gasteiger partial charge < -0.3 is 0 Å². The molecule has 3 aromatic carbocycles. The van der Waals surface area contributed by atoms with Crippen molar-refractivity contribution < 1.29 is 17.6 Å². The third-order valence-corrected chi connectivity index (χ3v) is 6.12. The second-order valence-electron chi connectivity index (χ2n) is 5.64. The molecule has 0 radical (unpaired) electrons. The number of halogens is 4. The quantitative estimate of drug-likeness (QED) is 0.398. The smallest absolute Gasteiger partial charge is 0.172 e. The van der Waals surface area contributed by atoms with Gasteiger partial charge in [-0.1, -0.05) is 18.2 Å². The Morgan fingerprint density at radius 2 is 0.920 bits per heavy atom. The molecule has 0 amide bonds. The van der Waals surface area contributed by atoms with Crippen LogP contribution in [-0.4, -0.2) is 0 Å². The van der Waals surface area contributed by atoms with E-state index in [0.29, 0.717) is 14.7 Å². The first-order valence-electron chi connectivity index (χ1n) is 7.59. The zero-order chi connectivity index (χ0) is 18.1. The lowest BCUT2D eigenvalue weighted by Gasteiger charge is -2.10. The van der Waals surface area contributed by atoms with E-state index in [2.05, 4.69) is 0 Å². The van der Waals surface area contributed by atoms with Gasteiger partial charge in [0.2, 0.25) is 0 Å². The second kappa shape index (κ2) is 6.92. The molecule has 0 N–H and O–H groups in total. The van der Waals surface area contributed by atoms with E-state index >= 15 is 0 Å². The van der Waals surface area contributed by atoms with Gasteiger partial charge >= 0.3 is 0 Å². The van der Waals surface area contributed by atoms with Crippen molar-refractivity contribution in [3.63, 3.8) is 0 Å². The molecule has 0 saturated heterocycles. The zero-order valence-electron chi connectivity index (χ0n) is 13.6. The lowest BCUT2D eigenvalue weighted by molar-refractivity contribution is 0.561. The van der Waals surface area contributed by atoms with E-state index in [1.807, 2.05) is 0 Å². The predicted octanol–water partition coefficient (Wildman–Crippen LogP) is 5.96. The maximum Gasteiger partial charge on any atom is 0.172 e. The molecule has 0 aliphatic carbocycles. The van der Waals surface area contributed by atoms with Crippen LogP contribution >= 0.6 is 0 Å². The van der Waals surface area contributed by atoms with Crippen molar-refractivity contribution >= 4 is 10.9 Å². The summed E-state index contributed by atoms with van der Waals surface area (Å²) in [7, 11) is -1.03. The Morgan fingerprint density at radius 1 is 0.560 bits per heavy atom. The Balaban J connectivity index is 2.25. The Kier molecular flexibility index (Phi) is 4.86. The van der Waals surface area contributed by atoms with Gasteiger partial charge in [0.15, 0.2) is 14.7 Å². The summed E-state index contributed by atoms with van der Waals surface area (Å²) in [6, 6.07) is 13.8. The van der Waals surface area contributed by atoms with Crippen LogP contribution in [0.3, 0.4) is 0 Å².